The predicted molar refractivity (Wildman–Crippen MR) is 74.4 cm³/mol. The van der Waals surface area contributed by atoms with Gasteiger partial charge in [-0.15, -0.1) is 0 Å². The quantitative estimate of drug-likeness (QED) is 0.853. The molecule has 2 aliphatic heterocycles. The number of hydrogen-bond acceptors (Lipinski definition) is 3. The first-order chi connectivity index (χ1) is 9.63. The number of hydrogen-bond donors (Lipinski definition) is 1. The summed E-state index contributed by atoms with van der Waals surface area (Å²) in [4.78, 5) is 29.7. The van der Waals surface area contributed by atoms with Gasteiger partial charge in [0.15, 0.2) is 0 Å². The zero-order valence-electron chi connectivity index (χ0n) is 11.0. The van der Waals surface area contributed by atoms with Crippen LogP contribution in [-0.4, -0.2) is 40.8 Å². The Morgan fingerprint density at radius 3 is 3.10 bits per heavy atom. The molecular weight excluding hydrogens is 278 g/mol. The fourth-order valence-corrected chi connectivity index (χ4v) is 3.14. The van der Waals surface area contributed by atoms with Gasteiger partial charge in [-0.2, -0.15) is 0 Å². The van der Waals surface area contributed by atoms with E-state index in [1.807, 2.05) is 4.90 Å². The van der Waals surface area contributed by atoms with Crippen molar-refractivity contribution < 1.29 is 9.59 Å². The Hall–Kier alpha value is -1.62. The van der Waals surface area contributed by atoms with Crippen LogP contribution in [0.2, 0.25) is 5.02 Å². The standard InChI is InChI=1S/C14H16ClN3O2/c15-10-3-5-16-12(7-10)14(20)18-6-4-11-9(8-18)1-2-13(19)17-11/h3,5,7,9,11H,1-2,4,6,8H2,(H,17,19). The number of pyridine rings is 1. The van der Waals surface area contributed by atoms with Gasteiger partial charge in [-0.05, 0) is 30.9 Å². The third-order valence-electron chi connectivity index (χ3n) is 4.05. The summed E-state index contributed by atoms with van der Waals surface area (Å²) in [7, 11) is 0. The van der Waals surface area contributed by atoms with Gasteiger partial charge in [0, 0.05) is 36.8 Å². The summed E-state index contributed by atoms with van der Waals surface area (Å²) in [5.41, 5.74) is 0.385. The third-order valence-corrected chi connectivity index (χ3v) is 4.29. The van der Waals surface area contributed by atoms with E-state index in [9.17, 15) is 9.59 Å². The maximum absolute atomic E-state index is 12.4. The molecule has 3 heterocycles. The molecule has 20 heavy (non-hydrogen) atoms. The molecule has 0 saturated carbocycles. The van der Waals surface area contributed by atoms with Gasteiger partial charge in [-0.3, -0.25) is 14.6 Å². The second kappa shape index (κ2) is 5.40. The highest BCUT2D eigenvalue weighted by atomic mass is 35.5. The number of nitrogens with zero attached hydrogens (tertiary/aromatic N) is 2. The van der Waals surface area contributed by atoms with Gasteiger partial charge in [-0.25, -0.2) is 0 Å². The monoisotopic (exact) mass is 293 g/mol. The molecule has 0 radical (unpaired) electrons. The number of likely N-dealkylation sites (tertiary alicyclic amines) is 1. The minimum Gasteiger partial charge on any atom is -0.353 e. The summed E-state index contributed by atoms with van der Waals surface area (Å²) in [6, 6.07) is 3.47. The van der Waals surface area contributed by atoms with Crippen molar-refractivity contribution in [1.29, 1.82) is 0 Å². The van der Waals surface area contributed by atoms with Crippen LogP contribution in [0.4, 0.5) is 0 Å². The molecule has 0 aromatic carbocycles. The van der Waals surface area contributed by atoms with Crippen molar-refractivity contribution in [2.24, 2.45) is 5.92 Å². The summed E-state index contributed by atoms with van der Waals surface area (Å²) in [5.74, 6) is 0.398. The van der Waals surface area contributed by atoms with Crippen molar-refractivity contribution in [2.75, 3.05) is 13.1 Å². The van der Waals surface area contributed by atoms with Crippen LogP contribution in [0.15, 0.2) is 18.3 Å². The number of carbonyl (C=O) groups is 2. The van der Waals surface area contributed by atoms with Gasteiger partial charge in [-0.1, -0.05) is 11.6 Å². The predicted octanol–water partition coefficient (Wildman–Crippen LogP) is 1.48. The summed E-state index contributed by atoms with van der Waals surface area (Å²) in [5, 5.41) is 3.53. The lowest BCUT2D eigenvalue weighted by Crippen LogP contribution is -2.55. The second-order valence-electron chi connectivity index (χ2n) is 5.37. The lowest BCUT2D eigenvalue weighted by molar-refractivity contribution is -0.125. The van der Waals surface area contributed by atoms with E-state index < -0.39 is 0 Å². The van der Waals surface area contributed by atoms with Crippen molar-refractivity contribution in [1.82, 2.24) is 15.2 Å². The van der Waals surface area contributed by atoms with Crippen molar-refractivity contribution in [3.05, 3.63) is 29.0 Å². The Labute approximate surface area is 122 Å². The first kappa shape index (κ1) is 13.4. The molecule has 1 N–H and O–H groups in total. The van der Waals surface area contributed by atoms with E-state index in [4.69, 9.17) is 11.6 Å². The molecule has 0 spiro atoms. The fraction of sp³-hybridized carbons (Fsp3) is 0.500. The van der Waals surface area contributed by atoms with Crippen LogP contribution in [-0.2, 0) is 4.79 Å². The molecule has 1 aromatic rings. The highest BCUT2D eigenvalue weighted by molar-refractivity contribution is 6.30. The van der Waals surface area contributed by atoms with E-state index in [-0.39, 0.29) is 17.9 Å². The first-order valence-corrected chi connectivity index (χ1v) is 7.21. The first-order valence-electron chi connectivity index (χ1n) is 6.83. The highest BCUT2D eigenvalue weighted by Gasteiger charge is 2.35. The minimum atomic E-state index is -0.0807. The number of fused-ring (bicyclic) bond motifs is 1. The van der Waals surface area contributed by atoms with Crippen molar-refractivity contribution in [3.63, 3.8) is 0 Å². The van der Waals surface area contributed by atoms with Gasteiger partial charge >= 0.3 is 0 Å². The zero-order chi connectivity index (χ0) is 14.1. The smallest absolute Gasteiger partial charge is 0.272 e. The lowest BCUT2D eigenvalue weighted by Gasteiger charge is -2.41. The van der Waals surface area contributed by atoms with Crippen molar-refractivity contribution in [3.8, 4) is 0 Å². The molecule has 2 amide bonds. The Balaban J connectivity index is 1.70. The molecule has 2 aliphatic rings. The molecule has 0 bridgehead atoms. The molecule has 2 fully saturated rings. The number of rotatable bonds is 1. The van der Waals surface area contributed by atoms with E-state index >= 15 is 0 Å². The number of nitrogens with one attached hydrogen (secondary N) is 1. The molecule has 2 unspecified atom stereocenters. The van der Waals surface area contributed by atoms with Crippen LogP contribution in [0.5, 0.6) is 0 Å². The molecule has 106 valence electrons. The van der Waals surface area contributed by atoms with Crippen LogP contribution >= 0.6 is 11.6 Å². The fourth-order valence-electron chi connectivity index (χ4n) is 2.98. The van der Waals surface area contributed by atoms with E-state index in [1.54, 1.807) is 18.3 Å². The third kappa shape index (κ3) is 2.63. The summed E-state index contributed by atoms with van der Waals surface area (Å²) in [6.07, 6.45) is 3.76. The average Bonchev–Trinajstić information content (AvgIpc) is 2.46. The van der Waals surface area contributed by atoms with Gasteiger partial charge in [0.25, 0.3) is 5.91 Å². The zero-order valence-corrected chi connectivity index (χ0v) is 11.8. The second-order valence-corrected chi connectivity index (χ2v) is 5.81. The van der Waals surface area contributed by atoms with E-state index in [2.05, 4.69) is 10.3 Å². The largest absolute Gasteiger partial charge is 0.353 e. The topological polar surface area (TPSA) is 62.3 Å². The molecule has 5 nitrogen and oxygen atoms in total. The summed E-state index contributed by atoms with van der Waals surface area (Å²) < 4.78 is 0. The maximum Gasteiger partial charge on any atom is 0.272 e. The van der Waals surface area contributed by atoms with Crippen molar-refractivity contribution >= 4 is 23.4 Å². The molecule has 2 saturated heterocycles. The van der Waals surface area contributed by atoms with Gasteiger partial charge in [0.2, 0.25) is 5.91 Å². The van der Waals surface area contributed by atoms with Crippen LogP contribution in [0.25, 0.3) is 0 Å². The number of aromatic nitrogens is 1. The summed E-state index contributed by atoms with van der Waals surface area (Å²) >= 11 is 5.90. The minimum absolute atomic E-state index is 0.0807. The molecule has 2 atom stereocenters. The van der Waals surface area contributed by atoms with Crippen LogP contribution < -0.4 is 5.32 Å². The van der Waals surface area contributed by atoms with E-state index in [1.165, 1.54) is 0 Å². The molecule has 0 aliphatic carbocycles. The van der Waals surface area contributed by atoms with Gasteiger partial charge in [0.05, 0.1) is 0 Å². The Morgan fingerprint density at radius 1 is 1.45 bits per heavy atom. The Bertz CT molecular complexity index is 549. The van der Waals surface area contributed by atoms with Crippen LogP contribution in [0, 0.1) is 5.92 Å². The molecule has 3 rings (SSSR count). The number of amides is 2. The van der Waals surface area contributed by atoms with E-state index in [0.717, 1.165) is 12.8 Å². The molecular formula is C14H16ClN3O2. The lowest BCUT2D eigenvalue weighted by atomic mass is 9.85. The van der Waals surface area contributed by atoms with Crippen LogP contribution in [0.1, 0.15) is 29.8 Å². The molecule has 6 heteroatoms. The summed E-state index contributed by atoms with van der Waals surface area (Å²) in [6.45, 7) is 1.33. The number of halogens is 1. The molecule has 1 aromatic heterocycles. The van der Waals surface area contributed by atoms with Gasteiger partial charge in [0.1, 0.15) is 5.69 Å². The Kier molecular flexibility index (Phi) is 3.61. The average molecular weight is 294 g/mol. The number of piperidine rings is 2. The van der Waals surface area contributed by atoms with Gasteiger partial charge < -0.3 is 10.2 Å². The Morgan fingerprint density at radius 2 is 2.30 bits per heavy atom. The maximum atomic E-state index is 12.4. The normalized spacial score (nSPS) is 25.9. The highest BCUT2D eigenvalue weighted by Crippen LogP contribution is 2.26. The van der Waals surface area contributed by atoms with Crippen molar-refractivity contribution in [2.45, 2.75) is 25.3 Å². The number of carbonyl (C=O) groups excluding carboxylic acids is 2. The van der Waals surface area contributed by atoms with Crippen LogP contribution in [0.3, 0.4) is 0 Å². The SMILES string of the molecule is O=C1CCC2CN(C(=O)c3cc(Cl)ccn3)CCC2N1. The van der Waals surface area contributed by atoms with E-state index in [0.29, 0.717) is 36.1 Å².